The number of hydrogen-bond donors (Lipinski definition) is 1. The van der Waals surface area contributed by atoms with Gasteiger partial charge >= 0.3 is 5.97 Å². The van der Waals surface area contributed by atoms with Crippen LogP contribution in [0, 0.1) is 17.3 Å². The zero-order valence-electron chi connectivity index (χ0n) is 12.4. The molecule has 4 nitrogen and oxygen atoms in total. The van der Waals surface area contributed by atoms with Crippen LogP contribution >= 0.6 is 0 Å². The van der Waals surface area contributed by atoms with E-state index in [2.05, 4.69) is 20.8 Å². The Morgan fingerprint density at radius 3 is 2.63 bits per heavy atom. The van der Waals surface area contributed by atoms with E-state index in [-0.39, 0.29) is 41.5 Å². The van der Waals surface area contributed by atoms with E-state index in [9.17, 15) is 9.90 Å². The minimum Gasteiger partial charge on any atom is -0.466 e. The number of aliphatic hydroxyl groups excluding tert-OH is 1. The summed E-state index contributed by atoms with van der Waals surface area (Å²) in [6.07, 6.45) is 1.94. The van der Waals surface area contributed by atoms with Gasteiger partial charge in [-0.1, -0.05) is 20.8 Å². The third kappa shape index (κ3) is 2.95. The number of ether oxygens (including phenoxy) is 2. The predicted molar refractivity (Wildman–Crippen MR) is 71.6 cm³/mol. The highest BCUT2D eigenvalue weighted by Gasteiger charge is 2.54. The predicted octanol–water partition coefficient (Wildman–Crippen LogP) is 2.14. The van der Waals surface area contributed by atoms with Crippen LogP contribution in [0.1, 0.15) is 47.0 Å². The first-order valence-electron chi connectivity index (χ1n) is 7.34. The number of rotatable bonds is 2. The number of aliphatic hydroxyl groups is 1. The molecule has 2 rings (SSSR count). The van der Waals surface area contributed by atoms with Gasteiger partial charge in [-0.05, 0) is 31.6 Å². The summed E-state index contributed by atoms with van der Waals surface area (Å²) in [7, 11) is 0. The summed E-state index contributed by atoms with van der Waals surface area (Å²) in [5.41, 5.74) is -0.0975. The van der Waals surface area contributed by atoms with Crippen molar-refractivity contribution in [3.8, 4) is 0 Å². The molecule has 5 unspecified atom stereocenters. The summed E-state index contributed by atoms with van der Waals surface area (Å²) >= 11 is 0. The fourth-order valence-corrected chi connectivity index (χ4v) is 3.48. The number of hydrogen-bond acceptors (Lipinski definition) is 4. The van der Waals surface area contributed by atoms with Crippen molar-refractivity contribution < 1.29 is 19.4 Å². The lowest BCUT2D eigenvalue weighted by Crippen LogP contribution is -2.40. The standard InChI is InChI=1S/C15H26O4/c1-5-18-14(17)12-10-8-9(16)6-7-11(10)19-13(12)15(2,3)4/h9-13,16H,5-8H2,1-4H3. The highest BCUT2D eigenvalue weighted by atomic mass is 16.5. The minimum absolute atomic E-state index is 0.0975. The maximum Gasteiger partial charge on any atom is 0.311 e. The first-order chi connectivity index (χ1) is 8.84. The number of carbonyl (C=O) groups is 1. The van der Waals surface area contributed by atoms with Gasteiger partial charge in [0, 0.05) is 5.92 Å². The molecule has 1 aliphatic carbocycles. The molecule has 0 aromatic heterocycles. The van der Waals surface area contributed by atoms with Crippen LogP contribution in [0.2, 0.25) is 0 Å². The SMILES string of the molecule is CCOC(=O)C1C2CC(O)CCC2OC1C(C)(C)C. The van der Waals surface area contributed by atoms with Crippen molar-refractivity contribution in [2.24, 2.45) is 17.3 Å². The van der Waals surface area contributed by atoms with Crippen molar-refractivity contribution in [3.63, 3.8) is 0 Å². The zero-order chi connectivity index (χ0) is 14.2. The van der Waals surface area contributed by atoms with E-state index in [1.807, 2.05) is 6.92 Å². The van der Waals surface area contributed by atoms with Gasteiger partial charge in [0.15, 0.2) is 0 Å². The minimum atomic E-state index is -0.305. The molecule has 0 radical (unpaired) electrons. The van der Waals surface area contributed by atoms with Crippen molar-refractivity contribution in [1.29, 1.82) is 0 Å². The molecule has 1 heterocycles. The average Bonchev–Trinajstić information content (AvgIpc) is 2.67. The molecule has 1 N–H and O–H groups in total. The van der Waals surface area contributed by atoms with Crippen molar-refractivity contribution in [1.82, 2.24) is 0 Å². The fraction of sp³-hybridized carbons (Fsp3) is 0.933. The molecule has 2 aliphatic rings. The second-order valence-electron chi connectivity index (χ2n) is 6.87. The molecule has 0 aromatic rings. The van der Waals surface area contributed by atoms with E-state index in [0.29, 0.717) is 13.0 Å². The van der Waals surface area contributed by atoms with Crippen LogP contribution in [-0.4, -0.2) is 36.0 Å². The molecule has 0 aromatic carbocycles. The molecular formula is C15H26O4. The van der Waals surface area contributed by atoms with Crippen LogP contribution in [0.15, 0.2) is 0 Å². The first-order valence-corrected chi connectivity index (χ1v) is 7.34. The van der Waals surface area contributed by atoms with Gasteiger partial charge in [-0.2, -0.15) is 0 Å². The third-order valence-corrected chi connectivity index (χ3v) is 4.33. The average molecular weight is 270 g/mol. The molecule has 2 fully saturated rings. The molecule has 1 saturated heterocycles. The van der Waals surface area contributed by atoms with E-state index in [4.69, 9.17) is 9.47 Å². The summed E-state index contributed by atoms with van der Waals surface area (Å²) in [4.78, 5) is 12.3. The van der Waals surface area contributed by atoms with Gasteiger partial charge in [-0.15, -0.1) is 0 Å². The monoisotopic (exact) mass is 270 g/mol. The van der Waals surface area contributed by atoms with Gasteiger partial charge < -0.3 is 14.6 Å². The van der Waals surface area contributed by atoms with Crippen molar-refractivity contribution in [2.45, 2.75) is 65.3 Å². The van der Waals surface area contributed by atoms with E-state index < -0.39 is 0 Å². The summed E-state index contributed by atoms with van der Waals surface area (Å²) in [6, 6.07) is 0. The second-order valence-corrected chi connectivity index (χ2v) is 6.87. The van der Waals surface area contributed by atoms with Crippen LogP contribution in [0.4, 0.5) is 0 Å². The van der Waals surface area contributed by atoms with Gasteiger partial charge in [-0.3, -0.25) is 4.79 Å². The fourth-order valence-electron chi connectivity index (χ4n) is 3.48. The quantitative estimate of drug-likeness (QED) is 0.781. The van der Waals surface area contributed by atoms with Crippen molar-refractivity contribution in [2.75, 3.05) is 6.61 Å². The molecule has 0 amide bonds. The summed E-state index contributed by atoms with van der Waals surface area (Å²) in [6.45, 7) is 8.51. The first kappa shape index (κ1) is 14.8. The molecule has 4 heteroatoms. The van der Waals surface area contributed by atoms with Gasteiger partial charge in [0.1, 0.15) is 0 Å². The Balaban J connectivity index is 2.22. The molecule has 0 spiro atoms. The smallest absolute Gasteiger partial charge is 0.311 e. The molecule has 0 bridgehead atoms. The molecule has 19 heavy (non-hydrogen) atoms. The Morgan fingerprint density at radius 1 is 1.37 bits per heavy atom. The highest BCUT2D eigenvalue weighted by Crippen LogP contribution is 2.47. The Morgan fingerprint density at radius 2 is 2.05 bits per heavy atom. The van der Waals surface area contributed by atoms with Crippen molar-refractivity contribution in [3.05, 3.63) is 0 Å². The Hall–Kier alpha value is -0.610. The lowest BCUT2D eigenvalue weighted by Gasteiger charge is -2.31. The van der Waals surface area contributed by atoms with Gasteiger partial charge in [-0.25, -0.2) is 0 Å². The van der Waals surface area contributed by atoms with Crippen LogP contribution < -0.4 is 0 Å². The molecule has 5 atom stereocenters. The maximum atomic E-state index is 12.3. The van der Waals surface area contributed by atoms with Gasteiger partial charge in [0.2, 0.25) is 0 Å². The highest BCUT2D eigenvalue weighted by molar-refractivity contribution is 5.74. The molecule has 1 aliphatic heterocycles. The Bertz CT molecular complexity index is 334. The number of esters is 1. The molecular weight excluding hydrogens is 244 g/mol. The molecule has 1 saturated carbocycles. The maximum absolute atomic E-state index is 12.3. The van der Waals surface area contributed by atoms with Gasteiger partial charge in [0.05, 0.1) is 30.8 Å². The third-order valence-electron chi connectivity index (χ3n) is 4.33. The lowest BCUT2D eigenvalue weighted by atomic mass is 9.72. The Kier molecular flexibility index (Phi) is 4.21. The summed E-state index contributed by atoms with van der Waals surface area (Å²) in [5.74, 6) is -0.295. The molecule has 110 valence electrons. The van der Waals surface area contributed by atoms with E-state index in [1.54, 1.807) is 0 Å². The van der Waals surface area contributed by atoms with Crippen LogP contribution in [0.5, 0.6) is 0 Å². The second kappa shape index (κ2) is 5.41. The van der Waals surface area contributed by atoms with E-state index in [0.717, 1.165) is 12.8 Å². The normalized spacial score (nSPS) is 38.9. The zero-order valence-corrected chi connectivity index (χ0v) is 12.4. The van der Waals surface area contributed by atoms with Crippen molar-refractivity contribution >= 4 is 5.97 Å². The lowest BCUT2D eigenvalue weighted by molar-refractivity contribution is -0.153. The number of fused-ring (bicyclic) bond motifs is 1. The Labute approximate surface area is 115 Å². The topological polar surface area (TPSA) is 55.8 Å². The van der Waals surface area contributed by atoms with E-state index in [1.165, 1.54) is 0 Å². The number of carbonyl (C=O) groups excluding carboxylic acids is 1. The largest absolute Gasteiger partial charge is 0.466 e. The van der Waals surface area contributed by atoms with Crippen LogP contribution in [-0.2, 0) is 14.3 Å². The van der Waals surface area contributed by atoms with Gasteiger partial charge in [0.25, 0.3) is 0 Å². The summed E-state index contributed by atoms with van der Waals surface area (Å²) < 4.78 is 11.4. The summed E-state index contributed by atoms with van der Waals surface area (Å²) in [5, 5.41) is 9.87. The van der Waals surface area contributed by atoms with Crippen LogP contribution in [0.25, 0.3) is 0 Å². The van der Waals surface area contributed by atoms with E-state index >= 15 is 0 Å². The van der Waals surface area contributed by atoms with Crippen LogP contribution in [0.3, 0.4) is 0 Å².